The average molecular weight is 536 g/mol. The Hall–Kier alpha value is -2.15. The highest BCUT2D eigenvalue weighted by Crippen LogP contribution is 2.31. The number of sulfonamides is 1. The Morgan fingerprint density at radius 3 is 2.49 bits per heavy atom. The molecule has 1 atom stereocenters. The van der Waals surface area contributed by atoms with Crippen molar-refractivity contribution in [3.05, 3.63) is 41.2 Å². The first-order valence-corrected chi connectivity index (χ1v) is 13.1. The van der Waals surface area contributed by atoms with Gasteiger partial charge in [-0.1, -0.05) is 18.5 Å². The number of ether oxygens (including phenoxy) is 1. The maximum atomic E-state index is 13.2. The van der Waals surface area contributed by atoms with Crippen LogP contribution < -0.4 is 15.4 Å². The van der Waals surface area contributed by atoms with Crippen molar-refractivity contribution < 1.29 is 26.3 Å². The number of hydrogen-bond donors (Lipinski definition) is 2. The molecule has 0 spiro atoms. The summed E-state index contributed by atoms with van der Waals surface area (Å²) in [5.74, 6) is 0.371. The molecule has 13 heteroatoms. The van der Waals surface area contributed by atoms with Crippen molar-refractivity contribution in [1.82, 2.24) is 19.6 Å². The molecule has 0 bridgehead atoms. The van der Waals surface area contributed by atoms with E-state index in [0.717, 1.165) is 25.4 Å². The normalized spacial score (nSPS) is 16.7. The fourth-order valence-electron chi connectivity index (χ4n) is 3.54. The maximum absolute atomic E-state index is 13.2. The fraction of sp³-hybridized carbons (Fsp3) is 0.545. The molecule has 0 amide bonds. The summed E-state index contributed by atoms with van der Waals surface area (Å²) in [6.07, 6.45) is -1.19. The number of rotatable bonds is 10. The van der Waals surface area contributed by atoms with Gasteiger partial charge in [-0.05, 0) is 44.9 Å². The summed E-state index contributed by atoms with van der Waals surface area (Å²) in [6.45, 7) is 5.69. The third-order valence-corrected chi connectivity index (χ3v) is 7.75. The van der Waals surface area contributed by atoms with Crippen LogP contribution in [0.4, 0.5) is 19.1 Å². The Kier molecular flexibility index (Phi) is 9.19. The molecule has 0 radical (unpaired) electrons. The first-order valence-electron chi connectivity index (χ1n) is 11.3. The average Bonchev–Trinajstić information content (AvgIpc) is 2.82. The lowest BCUT2D eigenvalue weighted by molar-refractivity contribution is -0.138. The van der Waals surface area contributed by atoms with Crippen LogP contribution in [0.2, 0.25) is 5.02 Å². The zero-order chi connectivity index (χ0) is 25.6. The monoisotopic (exact) mass is 535 g/mol. The van der Waals surface area contributed by atoms with E-state index in [1.54, 1.807) is 0 Å². The number of benzene rings is 1. The van der Waals surface area contributed by atoms with Gasteiger partial charge in [-0.3, -0.25) is 0 Å². The molecular formula is C22H29ClF3N5O3S. The quantitative estimate of drug-likeness (QED) is 0.471. The van der Waals surface area contributed by atoms with Gasteiger partial charge in [0.25, 0.3) is 0 Å². The van der Waals surface area contributed by atoms with E-state index in [4.69, 9.17) is 16.3 Å². The number of aromatic nitrogens is 2. The molecular weight excluding hydrogens is 507 g/mol. The van der Waals surface area contributed by atoms with Gasteiger partial charge in [-0.25, -0.2) is 18.4 Å². The van der Waals surface area contributed by atoms with E-state index in [9.17, 15) is 21.6 Å². The number of hydrogen-bond acceptors (Lipinski definition) is 7. The standard InChI is InChI=1S/C22H29ClF3N5O3S/c1-3-8-27-15(2)14-34-20-11-18(4-5-19(20)23)35(32,33)31-9-6-17(7-10-31)30-21-28-12-16(13-29-21)22(24,25)26/h4-5,11-13,15,17,27H,3,6-10,14H2,1-2H3,(H,28,29,30). The molecule has 0 saturated carbocycles. The molecule has 2 heterocycles. The van der Waals surface area contributed by atoms with E-state index in [0.29, 0.717) is 30.2 Å². The van der Waals surface area contributed by atoms with Crippen molar-refractivity contribution in [2.45, 2.75) is 56.3 Å². The van der Waals surface area contributed by atoms with Gasteiger partial charge in [-0.2, -0.15) is 17.5 Å². The van der Waals surface area contributed by atoms with Crippen LogP contribution in [0, 0.1) is 0 Å². The molecule has 1 saturated heterocycles. The first-order chi connectivity index (χ1) is 16.5. The van der Waals surface area contributed by atoms with Gasteiger partial charge in [0.2, 0.25) is 16.0 Å². The second-order valence-corrected chi connectivity index (χ2v) is 10.7. The second-order valence-electron chi connectivity index (χ2n) is 8.37. The minimum Gasteiger partial charge on any atom is -0.490 e. The van der Waals surface area contributed by atoms with Crippen LogP contribution in [0.3, 0.4) is 0 Å². The number of nitrogens with zero attached hydrogens (tertiary/aromatic N) is 3. The smallest absolute Gasteiger partial charge is 0.419 e. The molecule has 0 aliphatic carbocycles. The lowest BCUT2D eigenvalue weighted by Crippen LogP contribution is -2.42. The molecule has 1 aromatic carbocycles. The maximum Gasteiger partial charge on any atom is 0.419 e. The molecule has 3 rings (SSSR count). The van der Waals surface area contributed by atoms with Gasteiger partial charge in [-0.15, -0.1) is 0 Å². The van der Waals surface area contributed by atoms with E-state index >= 15 is 0 Å². The minimum absolute atomic E-state index is 0.0708. The van der Waals surface area contributed by atoms with E-state index in [1.807, 2.05) is 6.92 Å². The third-order valence-electron chi connectivity index (χ3n) is 5.54. The number of halogens is 4. The number of alkyl halides is 3. The lowest BCUT2D eigenvalue weighted by Gasteiger charge is -2.31. The molecule has 194 valence electrons. The number of piperidine rings is 1. The summed E-state index contributed by atoms with van der Waals surface area (Å²) >= 11 is 6.21. The van der Waals surface area contributed by atoms with Crippen LogP contribution >= 0.6 is 11.6 Å². The predicted octanol–water partition coefficient (Wildman–Crippen LogP) is 4.18. The van der Waals surface area contributed by atoms with Gasteiger partial charge < -0.3 is 15.4 Å². The predicted molar refractivity (Wildman–Crippen MR) is 127 cm³/mol. The van der Waals surface area contributed by atoms with Gasteiger partial charge in [0.15, 0.2) is 0 Å². The van der Waals surface area contributed by atoms with Crippen LogP contribution in [-0.4, -0.2) is 61.0 Å². The van der Waals surface area contributed by atoms with Crippen LogP contribution in [0.25, 0.3) is 0 Å². The fourth-order valence-corrected chi connectivity index (χ4v) is 5.20. The Labute approximate surface area is 208 Å². The van der Waals surface area contributed by atoms with Crippen LogP contribution in [-0.2, 0) is 16.2 Å². The Balaban J connectivity index is 1.59. The molecule has 1 fully saturated rings. The summed E-state index contributed by atoms with van der Waals surface area (Å²) in [5, 5.41) is 6.59. The second kappa shape index (κ2) is 11.7. The Bertz CT molecular complexity index is 1080. The minimum atomic E-state index is -4.50. The Morgan fingerprint density at radius 2 is 1.89 bits per heavy atom. The molecule has 1 aliphatic rings. The van der Waals surface area contributed by atoms with E-state index in [2.05, 4.69) is 27.5 Å². The van der Waals surface area contributed by atoms with Crippen LogP contribution in [0.1, 0.15) is 38.7 Å². The van der Waals surface area contributed by atoms with Gasteiger partial charge in [0.1, 0.15) is 12.4 Å². The topological polar surface area (TPSA) is 96.5 Å². The van der Waals surface area contributed by atoms with E-state index < -0.39 is 21.8 Å². The van der Waals surface area contributed by atoms with Crippen molar-refractivity contribution >= 4 is 27.6 Å². The summed E-state index contributed by atoms with van der Waals surface area (Å²) in [6, 6.07) is 4.30. The summed E-state index contributed by atoms with van der Waals surface area (Å²) in [5.41, 5.74) is -0.929. The molecule has 1 aromatic heterocycles. The zero-order valence-electron chi connectivity index (χ0n) is 19.5. The van der Waals surface area contributed by atoms with Crippen molar-refractivity contribution in [2.75, 3.05) is 31.6 Å². The van der Waals surface area contributed by atoms with E-state index in [-0.39, 0.29) is 36.0 Å². The summed E-state index contributed by atoms with van der Waals surface area (Å²) in [7, 11) is -3.78. The SMILES string of the molecule is CCCNC(C)COc1cc(S(=O)(=O)N2CCC(Nc3ncc(C(F)(F)F)cn3)CC2)ccc1Cl. The van der Waals surface area contributed by atoms with Gasteiger partial charge >= 0.3 is 6.18 Å². The lowest BCUT2D eigenvalue weighted by atomic mass is 10.1. The van der Waals surface area contributed by atoms with Crippen molar-refractivity contribution in [3.63, 3.8) is 0 Å². The van der Waals surface area contributed by atoms with Gasteiger partial charge in [0.05, 0.1) is 15.5 Å². The zero-order valence-corrected chi connectivity index (χ0v) is 21.1. The van der Waals surface area contributed by atoms with Crippen molar-refractivity contribution in [2.24, 2.45) is 0 Å². The van der Waals surface area contributed by atoms with Crippen molar-refractivity contribution in [1.29, 1.82) is 0 Å². The molecule has 35 heavy (non-hydrogen) atoms. The largest absolute Gasteiger partial charge is 0.490 e. The number of nitrogens with one attached hydrogen (secondary N) is 2. The summed E-state index contributed by atoms with van der Waals surface area (Å²) < 4.78 is 71.5. The highest BCUT2D eigenvalue weighted by Gasteiger charge is 2.32. The van der Waals surface area contributed by atoms with Crippen LogP contribution in [0.5, 0.6) is 5.75 Å². The molecule has 1 aliphatic heterocycles. The molecule has 1 unspecified atom stereocenters. The Morgan fingerprint density at radius 1 is 1.23 bits per heavy atom. The third kappa shape index (κ3) is 7.42. The summed E-state index contributed by atoms with van der Waals surface area (Å²) in [4.78, 5) is 7.51. The van der Waals surface area contributed by atoms with Crippen molar-refractivity contribution in [3.8, 4) is 5.75 Å². The van der Waals surface area contributed by atoms with Crippen LogP contribution in [0.15, 0.2) is 35.5 Å². The van der Waals surface area contributed by atoms with E-state index in [1.165, 1.54) is 22.5 Å². The van der Waals surface area contributed by atoms with Gasteiger partial charge in [0, 0.05) is 43.6 Å². The number of anilines is 1. The first kappa shape index (κ1) is 27.4. The molecule has 8 nitrogen and oxygen atoms in total. The molecule has 2 N–H and O–H groups in total. The highest BCUT2D eigenvalue weighted by molar-refractivity contribution is 7.89. The molecule has 2 aromatic rings. The highest BCUT2D eigenvalue weighted by atomic mass is 35.5.